The minimum Gasteiger partial charge on any atom is -0.484 e. The summed E-state index contributed by atoms with van der Waals surface area (Å²) in [5, 5.41) is 2.67. The third kappa shape index (κ3) is 4.01. The van der Waals surface area contributed by atoms with Gasteiger partial charge in [0.2, 0.25) is 5.89 Å². The van der Waals surface area contributed by atoms with Crippen molar-refractivity contribution in [2.45, 2.75) is 19.9 Å². The number of rotatable bonds is 6. The van der Waals surface area contributed by atoms with Crippen LogP contribution in [0.15, 0.2) is 34.9 Å². The predicted molar refractivity (Wildman–Crippen MR) is 74.1 cm³/mol. The van der Waals surface area contributed by atoms with Crippen molar-refractivity contribution in [3.05, 3.63) is 42.1 Å². The summed E-state index contributed by atoms with van der Waals surface area (Å²) in [7, 11) is 0. The highest BCUT2D eigenvalue weighted by Gasteiger charge is 2.06. The van der Waals surface area contributed by atoms with Crippen molar-refractivity contribution in [3.63, 3.8) is 0 Å². The Labute approximate surface area is 116 Å². The molecule has 0 spiro atoms. The number of amides is 1. The molecule has 2 rings (SSSR count). The molecular weight excluding hydrogens is 258 g/mol. The van der Waals surface area contributed by atoms with Crippen LogP contribution < -0.4 is 15.8 Å². The lowest BCUT2D eigenvalue weighted by Crippen LogP contribution is -2.28. The van der Waals surface area contributed by atoms with Gasteiger partial charge in [-0.25, -0.2) is 4.98 Å². The topological polar surface area (TPSA) is 90.4 Å². The first-order valence-electron chi connectivity index (χ1n) is 6.36. The van der Waals surface area contributed by atoms with Crippen LogP contribution >= 0.6 is 0 Å². The smallest absolute Gasteiger partial charge is 0.258 e. The Bertz CT molecular complexity index is 563. The van der Waals surface area contributed by atoms with Crippen molar-refractivity contribution in [1.82, 2.24) is 10.3 Å². The quantitative estimate of drug-likeness (QED) is 0.780. The van der Waals surface area contributed by atoms with E-state index in [9.17, 15) is 4.79 Å². The SMILES string of the molecule is CCc1cnc(CNC(=O)COc2ccc(N)cc2)o1. The van der Waals surface area contributed by atoms with Gasteiger partial charge in [-0.1, -0.05) is 6.92 Å². The molecule has 1 aromatic heterocycles. The van der Waals surface area contributed by atoms with Crippen LogP contribution in [0.25, 0.3) is 0 Å². The molecule has 0 saturated carbocycles. The van der Waals surface area contributed by atoms with E-state index in [0.29, 0.717) is 17.3 Å². The predicted octanol–water partition coefficient (Wildman–Crippen LogP) is 1.51. The maximum Gasteiger partial charge on any atom is 0.258 e. The number of nitrogen functional groups attached to an aromatic ring is 1. The van der Waals surface area contributed by atoms with Crippen molar-refractivity contribution < 1.29 is 13.9 Å². The van der Waals surface area contributed by atoms with Gasteiger partial charge in [0.15, 0.2) is 6.61 Å². The van der Waals surface area contributed by atoms with Crippen LogP contribution in [0, 0.1) is 0 Å². The minimum atomic E-state index is -0.238. The Kier molecular flexibility index (Phi) is 4.60. The fourth-order valence-corrected chi connectivity index (χ4v) is 1.53. The molecule has 0 unspecified atom stereocenters. The highest BCUT2D eigenvalue weighted by molar-refractivity contribution is 5.77. The molecule has 0 radical (unpaired) electrons. The number of nitrogens with one attached hydrogen (secondary N) is 1. The summed E-state index contributed by atoms with van der Waals surface area (Å²) in [5.41, 5.74) is 6.21. The molecule has 0 fully saturated rings. The molecule has 0 aliphatic carbocycles. The van der Waals surface area contributed by atoms with Crippen LogP contribution in [0.3, 0.4) is 0 Å². The van der Waals surface area contributed by atoms with E-state index >= 15 is 0 Å². The number of carbonyl (C=O) groups is 1. The monoisotopic (exact) mass is 275 g/mol. The second kappa shape index (κ2) is 6.60. The van der Waals surface area contributed by atoms with Gasteiger partial charge < -0.3 is 20.2 Å². The molecule has 0 aliphatic heterocycles. The van der Waals surface area contributed by atoms with Crippen molar-refractivity contribution in [1.29, 1.82) is 0 Å². The fraction of sp³-hybridized carbons (Fsp3) is 0.286. The number of oxazole rings is 1. The van der Waals surface area contributed by atoms with Crippen molar-refractivity contribution in [2.75, 3.05) is 12.3 Å². The lowest BCUT2D eigenvalue weighted by molar-refractivity contribution is -0.123. The van der Waals surface area contributed by atoms with Gasteiger partial charge in [-0.2, -0.15) is 0 Å². The Balaban J connectivity index is 1.74. The molecule has 3 N–H and O–H groups in total. The van der Waals surface area contributed by atoms with Crippen molar-refractivity contribution in [2.24, 2.45) is 0 Å². The first kappa shape index (κ1) is 13.9. The molecule has 0 saturated heterocycles. The Morgan fingerprint density at radius 3 is 2.80 bits per heavy atom. The number of nitrogens with zero attached hydrogens (tertiary/aromatic N) is 1. The van der Waals surface area contributed by atoms with Gasteiger partial charge in [-0.3, -0.25) is 4.79 Å². The van der Waals surface area contributed by atoms with Gasteiger partial charge in [-0.15, -0.1) is 0 Å². The highest BCUT2D eigenvalue weighted by Crippen LogP contribution is 2.12. The molecule has 20 heavy (non-hydrogen) atoms. The normalized spacial score (nSPS) is 10.2. The molecule has 1 amide bonds. The number of anilines is 1. The zero-order valence-electron chi connectivity index (χ0n) is 11.3. The average Bonchev–Trinajstić information content (AvgIpc) is 2.92. The summed E-state index contributed by atoms with van der Waals surface area (Å²) in [4.78, 5) is 15.7. The van der Waals surface area contributed by atoms with Gasteiger partial charge in [0.1, 0.15) is 11.5 Å². The van der Waals surface area contributed by atoms with Crippen LogP contribution in [0.1, 0.15) is 18.6 Å². The van der Waals surface area contributed by atoms with Crippen LogP contribution in [-0.2, 0) is 17.8 Å². The van der Waals surface area contributed by atoms with Gasteiger partial charge >= 0.3 is 0 Å². The van der Waals surface area contributed by atoms with Crippen LogP contribution in [0.5, 0.6) is 5.75 Å². The van der Waals surface area contributed by atoms with E-state index in [1.807, 2.05) is 6.92 Å². The number of nitrogens with two attached hydrogens (primary N) is 1. The second-order valence-electron chi connectivity index (χ2n) is 4.21. The average molecular weight is 275 g/mol. The van der Waals surface area contributed by atoms with Crippen LogP contribution in [0.2, 0.25) is 0 Å². The summed E-state index contributed by atoms with van der Waals surface area (Å²) >= 11 is 0. The van der Waals surface area contributed by atoms with Gasteiger partial charge in [0, 0.05) is 12.1 Å². The highest BCUT2D eigenvalue weighted by atomic mass is 16.5. The summed E-state index contributed by atoms with van der Waals surface area (Å²) in [5.74, 6) is 1.65. The molecule has 2 aromatic rings. The van der Waals surface area contributed by atoms with E-state index in [1.165, 1.54) is 0 Å². The number of hydrogen-bond donors (Lipinski definition) is 2. The largest absolute Gasteiger partial charge is 0.484 e. The fourth-order valence-electron chi connectivity index (χ4n) is 1.53. The number of carbonyl (C=O) groups excluding carboxylic acids is 1. The van der Waals surface area contributed by atoms with E-state index < -0.39 is 0 Å². The third-order valence-corrected chi connectivity index (χ3v) is 2.64. The maximum atomic E-state index is 11.6. The maximum absolute atomic E-state index is 11.6. The van der Waals surface area contributed by atoms with E-state index in [2.05, 4.69) is 10.3 Å². The molecule has 106 valence electrons. The third-order valence-electron chi connectivity index (χ3n) is 2.64. The summed E-state index contributed by atoms with van der Waals surface area (Å²) in [6, 6.07) is 6.85. The molecule has 6 heteroatoms. The second-order valence-corrected chi connectivity index (χ2v) is 4.21. The van der Waals surface area contributed by atoms with Gasteiger partial charge in [-0.05, 0) is 24.3 Å². The zero-order chi connectivity index (χ0) is 14.4. The Morgan fingerprint density at radius 1 is 1.40 bits per heavy atom. The van der Waals surface area contributed by atoms with Crippen molar-refractivity contribution >= 4 is 11.6 Å². The first-order chi connectivity index (χ1) is 9.67. The standard InChI is InChI=1S/C14H17N3O3/c1-2-11-7-17-14(20-11)8-16-13(18)9-19-12-5-3-10(15)4-6-12/h3-7H,2,8-9,15H2,1H3,(H,16,18). The molecular formula is C14H17N3O3. The van der Waals surface area contributed by atoms with Crippen molar-refractivity contribution in [3.8, 4) is 5.75 Å². The Morgan fingerprint density at radius 2 is 2.15 bits per heavy atom. The summed E-state index contributed by atoms with van der Waals surface area (Å²) < 4.78 is 10.7. The lowest BCUT2D eigenvalue weighted by Gasteiger charge is -2.06. The molecule has 0 atom stereocenters. The number of aromatic nitrogens is 1. The van der Waals surface area contributed by atoms with E-state index in [1.54, 1.807) is 30.5 Å². The number of ether oxygens (including phenoxy) is 1. The van der Waals surface area contributed by atoms with E-state index in [-0.39, 0.29) is 19.1 Å². The summed E-state index contributed by atoms with van der Waals surface area (Å²) in [6.45, 7) is 2.17. The molecule has 1 heterocycles. The van der Waals surface area contributed by atoms with Gasteiger partial charge in [0.05, 0.1) is 12.7 Å². The lowest BCUT2D eigenvalue weighted by atomic mass is 10.3. The van der Waals surface area contributed by atoms with Gasteiger partial charge in [0.25, 0.3) is 5.91 Å². The molecule has 0 aliphatic rings. The summed E-state index contributed by atoms with van der Waals surface area (Å²) in [6.07, 6.45) is 2.44. The first-order valence-corrected chi connectivity index (χ1v) is 6.36. The minimum absolute atomic E-state index is 0.0642. The molecule has 1 aromatic carbocycles. The molecule has 6 nitrogen and oxygen atoms in total. The van der Waals surface area contributed by atoms with E-state index in [0.717, 1.165) is 12.2 Å². The number of aryl methyl sites for hydroxylation is 1. The number of benzene rings is 1. The van der Waals surface area contributed by atoms with Crippen LogP contribution in [-0.4, -0.2) is 17.5 Å². The zero-order valence-corrected chi connectivity index (χ0v) is 11.3. The van der Waals surface area contributed by atoms with E-state index in [4.69, 9.17) is 14.9 Å². The number of hydrogen-bond acceptors (Lipinski definition) is 5. The molecule has 0 bridgehead atoms. The Hall–Kier alpha value is -2.50. The van der Waals surface area contributed by atoms with Crippen LogP contribution in [0.4, 0.5) is 5.69 Å².